The molecule has 0 unspecified atom stereocenters. The summed E-state index contributed by atoms with van der Waals surface area (Å²) >= 11 is 0. The van der Waals surface area contributed by atoms with Gasteiger partial charge in [-0.25, -0.2) is 13.6 Å². The third-order valence-electron chi connectivity index (χ3n) is 2.61. The van der Waals surface area contributed by atoms with Crippen LogP contribution in [0.1, 0.15) is 10.5 Å². The Morgan fingerprint density at radius 3 is 2.53 bits per heavy atom. The highest BCUT2D eigenvalue weighted by Gasteiger charge is 2.18. The SMILES string of the molecule is COC(=O)c1cc(OC)c(-c2ccc(F)cc2F)[nH]1. The fourth-order valence-corrected chi connectivity index (χ4v) is 1.71. The molecule has 1 N–H and O–H groups in total. The predicted molar refractivity (Wildman–Crippen MR) is 64.0 cm³/mol. The molecule has 0 aliphatic carbocycles. The lowest BCUT2D eigenvalue weighted by molar-refractivity contribution is 0.0594. The van der Waals surface area contributed by atoms with Gasteiger partial charge in [0.2, 0.25) is 0 Å². The first-order valence-corrected chi connectivity index (χ1v) is 5.37. The second-order valence-electron chi connectivity index (χ2n) is 3.74. The van der Waals surface area contributed by atoms with Crippen LogP contribution in [0, 0.1) is 11.6 Å². The zero-order valence-electron chi connectivity index (χ0n) is 10.3. The summed E-state index contributed by atoms with van der Waals surface area (Å²) in [6.07, 6.45) is 0. The number of aromatic nitrogens is 1. The Morgan fingerprint density at radius 2 is 1.95 bits per heavy atom. The van der Waals surface area contributed by atoms with Gasteiger partial charge in [0.05, 0.1) is 19.9 Å². The number of aromatic amines is 1. The highest BCUT2D eigenvalue weighted by atomic mass is 19.1. The number of benzene rings is 1. The van der Waals surface area contributed by atoms with Gasteiger partial charge < -0.3 is 14.5 Å². The summed E-state index contributed by atoms with van der Waals surface area (Å²) in [6, 6.07) is 4.54. The molecule has 0 saturated carbocycles. The van der Waals surface area contributed by atoms with Crippen LogP contribution in [-0.2, 0) is 4.74 Å². The van der Waals surface area contributed by atoms with Gasteiger partial charge in [-0.1, -0.05) is 0 Å². The van der Waals surface area contributed by atoms with Crippen molar-refractivity contribution in [1.29, 1.82) is 0 Å². The monoisotopic (exact) mass is 267 g/mol. The predicted octanol–water partition coefficient (Wildman–Crippen LogP) is 2.76. The van der Waals surface area contributed by atoms with Crippen LogP contribution in [0.2, 0.25) is 0 Å². The Hall–Kier alpha value is -2.37. The van der Waals surface area contributed by atoms with Crippen LogP contribution in [0.4, 0.5) is 8.78 Å². The second kappa shape index (κ2) is 5.09. The van der Waals surface area contributed by atoms with Crippen molar-refractivity contribution in [2.45, 2.75) is 0 Å². The molecule has 0 fully saturated rings. The van der Waals surface area contributed by atoms with Gasteiger partial charge in [0.25, 0.3) is 0 Å². The van der Waals surface area contributed by atoms with Crippen LogP contribution in [0.15, 0.2) is 24.3 Å². The van der Waals surface area contributed by atoms with Gasteiger partial charge in [-0.3, -0.25) is 0 Å². The molecule has 19 heavy (non-hydrogen) atoms. The average molecular weight is 267 g/mol. The lowest BCUT2D eigenvalue weighted by atomic mass is 10.1. The van der Waals surface area contributed by atoms with Gasteiger partial charge in [-0.2, -0.15) is 0 Å². The number of hydrogen-bond donors (Lipinski definition) is 1. The number of ether oxygens (including phenoxy) is 2. The van der Waals surface area contributed by atoms with Gasteiger partial charge in [-0.15, -0.1) is 0 Å². The number of carbonyl (C=O) groups excluding carboxylic acids is 1. The Balaban J connectivity index is 2.54. The van der Waals surface area contributed by atoms with E-state index in [4.69, 9.17) is 4.74 Å². The summed E-state index contributed by atoms with van der Waals surface area (Å²) in [5, 5.41) is 0. The van der Waals surface area contributed by atoms with Gasteiger partial charge in [0, 0.05) is 17.7 Å². The van der Waals surface area contributed by atoms with Gasteiger partial charge in [-0.05, 0) is 12.1 Å². The average Bonchev–Trinajstić information content (AvgIpc) is 2.81. The summed E-state index contributed by atoms with van der Waals surface area (Å²) in [7, 11) is 2.61. The lowest BCUT2D eigenvalue weighted by Crippen LogP contribution is -2.01. The Morgan fingerprint density at radius 1 is 1.21 bits per heavy atom. The number of methoxy groups -OCH3 is 2. The van der Waals surface area contributed by atoms with Crippen LogP contribution >= 0.6 is 0 Å². The van der Waals surface area contributed by atoms with E-state index in [-0.39, 0.29) is 22.7 Å². The molecular formula is C13H11F2NO3. The Kier molecular flexibility index (Phi) is 3.50. The molecule has 0 radical (unpaired) electrons. The van der Waals surface area contributed by atoms with E-state index in [1.165, 1.54) is 26.4 Å². The summed E-state index contributed by atoms with van der Waals surface area (Å²) in [4.78, 5) is 14.1. The standard InChI is InChI=1S/C13H11F2NO3/c1-18-11-6-10(13(17)19-2)16-12(11)8-4-3-7(14)5-9(8)15/h3-6,16H,1-2H3. The molecule has 6 heteroatoms. The number of esters is 1. The zero-order chi connectivity index (χ0) is 14.0. The van der Waals surface area contributed by atoms with Crippen molar-refractivity contribution in [2.75, 3.05) is 14.2 Å². The number of H-pyrrole nitrogens is 1. The van der Waals surface area contributed by atoms with E-state index >= 15 is 0 Å². The van der Waals surface area contributed by atoms with E-state index in [1.807, 2.05) is 0 Å². The van der Waals surface area contributed by atoms with Gasteiger partial charge in [0.15, 0.2) is 0 Å². The van der Waals surface area contributed by atoms with Crippen molar-refractivity contribution in [3.8, 4) is 17.0 Å². The zero-order valence-corrected chi connectivity index (χ0v) is 10.3. The van der Waals surface area contributed by atoms with Crippen molar-refractivity contribution in [3.05, 3.63) is 41.6 Å². The molecular weight excluding hydrogens is 256 g/mol. The number of rotatable bonds is 3. The van der Waals surface area contributed by atoms with Gasteiger partial charge in [0.1, 0.15) is 23.1 Å². The smallest absolute Gasteiger partial charge is 0.354 e. The molecule has 0 amide bonds. The van der Waals surface area contributed by atoms with Crippen LogP contribution in [0.3, 0.4) is 0 Å². The van der Waals surface area contributed by atoms with Crippen LogP contribution < -0.4 is 4.74 Å². The first kappa shape index (κ1) is 13.1. The third kappa shape index (κ3) is 2.42. The highest BCUT2D eigenvalue weighted by Crippen LogP contribution is 2.32. The molecule has 2 aromatic rings. The molecule has 4 nitrogen and oxygen atoms in total. The number of nitrogens with one attached hydrogen (secondary N) is 1. The normalized spacial score (nSPS) is 10.3. The summed E-state index contributed by atoms with van der Waals surface area (Å²) in [5.74, 6) is -1.77. The maximum atomic E-state index is 13.7. The largest absolute Gasteiger partial charge is 0.494 e. The maximum absolute atomic E-state index is 13.7. The molecule has 1 aromatic carbocycles. The highest BCUT2D eigenvalue weighted by molar-refractivity contribution is 5.90. The quantitative estimate of drug-likeness (QED) is 0.870. The van der Waals surface area contributed by atoms with E-state index in [1.54, 1.807) is 0 Å². The molecule has 0 aliphatic heterocycles. The molecule has 0 spiro atoms. The Bertz CT molecular complexity index is 622. The number of halogens is 2. The topological polar surface area (TPSA) is 51.3 Å². The molecule has 0 saturated heterocycles. The fraction of sp³-hybridized carbons (Fsp3) is 0.154. The van der Waals surface area contributed by atoms with E-state index in [2.05, 4.69) is 9.72 Å². The summed E-state index contributed by atoms with van der Waals surface area (Å²) in [6.45, 7) is 0. The second-order valence-corrected chi connectivity index (χ2v) is 3.74. The first-order valence-electron chi connectivity index (χ1n) is 5.37. The van der Waals surface area contributed by atoms with Crippen molar-refractivity contribution in [1.82, 2.24) is 4.98 Å². The molecule has 0 aliphatic rings. The van der Waals surface area contributed by atoms with Crippen LogP contribution in [0.5, 0.6) is 5.75 Å². The molecule has 0 bridgehead atoms. The number of hydrogen-bond acceptors (Lipinski definition) is 3. The van der Waals surface area contributed by atoms with E-state index in [0.717, 1.165) is 12.1 Å². The molecule has 1 heterocycles. The fourth-order valence-electron chi connectivity index (χ4n) is 1.71. The van der Waals surface area contributed by atoms with E-state index in [0.29, 0.717) is 0 Å². The number of carbonyl (C=O) groups is 1. The molecule has 100 valence electrons. The van der Waals surface area contributed by atoms with Crippen molar-refractivity contribution in [2.24, 2.45) is 0 Å². The van der Waals surface area contributed by atoms with Gasteiger partial charge >= 0.3 is 5.97 Å². The third-order valence-corrected chi connectivity index (χ3v) is 2.61. The van der Waals surface area contributed by atoms with Crippen LogP contribution in [-0.4, -0.2) is 25.2 Å². The summed E-state index contributed by atoms with van der Waals surface area (Å²) < 4.78 is 36.2. The van der Waals surface area contributed by atoms with E-state index < -0.39 is 17.6 Å². The molecule has 0 atom stereocenters. The summed E-state index contributed by atoms with van der Waals surface area (Å²) in [5.41, 5.74) is 0.479. The minimum absolute atomic E-state index is 0.105. The van der Waals surface area contributed by atoms with E-state index in [9.17, 15) is 13.6 Å². The van der Waals surface area contributed by atoms with Crippen LogP contribution in [0.25, 0.3) is 11.3 Å². The molecule has 2 rings (SSSR count). The Labute approximate surface area is 108 Å². The lowest BCUT2D eigenvalue weighted by Gasteiger charge is -2.04. The minimum Gasteiger partial charge on any atom is -0.494 e. The maximum Gasteiger partial charge on any atom is 0.354 e. The van der Waals surface area contributed by atoms with Crippen molar-refractivity contribution >= 4 is 5.97 Å². The molecule has 1 aromatic heterocycles. The van der Waals surface area contributed by atoms with Crippen molar-refractivity contribution < 1.29 is 23.0 Å². The van der Waals surface area contributed by atoms with Crippen molar-refractivity contribution in [3.63, 3.8) is 0 Å². The first-order chi connectivity index (χ1) is 9.06. The minimum atomic E-state index is -0.753.